The van der Waals surface area contributed by atoms with Gasteiger partial charge in [-0.3, -0.25) is 0 Å². The van der Waals surface area contributed by atoms with Gasteiger partial charge in [-0.25, -0.2) is 14.8 Å². The van der Waals surface area contributed by atoms with Gasteiger partial charge in [0.1, 0.15) is 5.82 Å². The van der Waals surface area contributed by atoms with Crippen LogP contribution in [-0.2, 0) is 0 Å². The van der Waals surface area contributed by atoms with Gasteiger partial charge in [0.15, 0.2) is 5.69 Å². The lowest BCUT2D eigenvalue weighted by Gasteiger charge is -2.24. The molecular weight excluding hydrogens is 242 g/mol. The summed E-state index contributed by atoms with van der Waals surface area (Å²) in [4.78, 5) is 21.7. The Bertz CT molecular complexity index is 484. The van der Waals surface area contributed by atoms with Crippen molar-refractivity contribution in [3.63, 3.8) is 0 Å². The smallest absolute Gasteiger partial charge is 0.356 e. The van der Waals surface area contributed by atoms with E-state index in [1.807, 2.05) is 32.6 Å². The van der Waals surface area contributed by atoms with E-state index < -0.39 is 5.97 Å². The number of hydrogen-bond acceptors (Lipinski definition) is 4. The monoisotopic (exact) mass is 263 g/mol. The summed E-state index contributed by atoms with van der Waals surface area (Å²) < 4.78 is 0. The zero-order chi connectivity index (χ0) is 14.6. The lowest BCUT2D eigenvalue weighted by molar-refractivity contribution is 0.0690. The Labute approximate surface area is 114 Å². The fourth-order valence-corrected chi connectivity index (χ4v) is 1.75. The van der Waals surface area contributed by atoms with Crippen molar-refractivity contribution in [2.24, 2.45) is 0 Å². The molecular formula is C14H21N3O2. The van der Waals surface area contributed by atoms with Crippen LogP contribution in [0.1, 0.15) is 49.9 Å². The summed E-state index contributed by atoms with van der Waals surface area (Å²) in [5.41, 5.74) is 1.57. The highest BCUT2D eigenvalue weighted by atomic mass is 16.4. The Morgan fingerprint density at radius 2 is 2.16 bits per heavy atom. The molecule has 0 aromatic carbocycles. The van der Waals surface area contributed by atoms with E-state index in [0.29, 0.717) is 24.6 Å². The maximum absolute atomic E-state index is 11.4. The first-order chi connectivity index (χ1) is 8.86. The molecule has 1 aromatic heterocycles. The van der Waals surface area contributed by atoms with Crippen LogP contribution in [0.25, 0.3) is 0 Å². The van der Waals surface area contributed by atoms with Crippen LogP contribution in [0.5, 0.6) is 0 Å². The molecule has 0 unspecified atom stereocenters. The number of carboxylic acid groups (broad SMARTS) is 1. The summed E-state index contributed by atoms with van der Waals surface area (Å²) >= 11 is 0. The van der Waals surface area contributed by atoms with Gasteiger partial charge in [0.2, 0.25) is 0 Å². The number of hydrogen-bond donors (Lipinski definition) is 1. The van der Waals surface area contributed by atoms with Gasteiger partial charge in [0, 0.05) is 19.0 Å². The number of carbonyl (C=O) groups is 1. The van der Waals surface area contributed by atoms with E-state index in [4.69, 9.17) is 0 Å². The Morgan fingerprint density at radius 1 is 1.53 bits per heavy atom. The lowest BCUT2D eigenvalue weighted by atomic mass is 10.2. The van der Waals surface area contributed by atoms with E-state index >= 15 is 0 Å². The molecule has 1 rings (SSSR count). The second-order valence-corrected chi connectivity index (χ2v) is 4.89. The van der Waals surface area contributed by atoms with Crippen LogP contribution in [0.3, 0.4) is 0 Å². The molecule has 1 heterocycles. The van der Waals surface area contributed by atoms with Crippen molar-refractivity contribution in [2.75, 3.05) is 18.0 Å². The number of rotatable bonds is 6. The molecule has 5 heteroatoms. The summed E-state index contributed by atoms with van der Waals surface area (Å²) in [6.07, 6.45) is 1.60. The first-order valence-corrected chi connectivity index (χ1v) is 6.36. The van der Waals surface area contributed by atoms with Gasteiger partial charge >= 0.3 is 5.97 Å². The van der Waals surface area contributed by atoms with Gasteiger partial charge in [-0.2, -0.15) is 0 Å². The second kappa shape index (κ2) is 6.31. The van der Waals surface area contributed by atoms with Crippen molar-refractivity contribution in [1.29, 1.82) is 0 Å². The van der Waals surface area contributed by atoms with Crippen molar-refractivity contribution in [3.8, 4) is 0 Å². The molecule has 0 fully saturated rings. The van der Waals surface area contributed by atoms with Crippen LogP contribution in [-0.4, -0.2) is 34.1 Å². The third-order valence-corrected chi connectivity index (χ3v) is 2.69. The summed E-state index contributed by atoms with van der Waals surface area (Å²) in [5.74, 6) is -0.379. The van der Waals surface area contributed by atoms with Crippen LogP contribution in [0, 0.1) is 0 Å². The molecule has 0 saturated heterocycles. The topological polar surface area (TPSA) is 66.3 Å². The minimum Gasteiger partial charge on any atom is -0.476 e. The highest BCUT2D eigenvalue weighted by Gasteiger charge is 2.19. The molecule has 0 saturated carbocycles. The van der Waals surface area contributed by atoms with Crippen LogP contribution in [0.4, 0.5) is 5.69 Å². The number of carboxylic acids is 1. The second-order valence-electron chi connectivity index (χ2n) is 4.89. The molecule has 0 spiro atoms. The molecule has 0 aliphatic carbocycles. The maximum atomic E-state index is 11.4. The van der Waals surface area contributed by atoms with Crippen molar-refractivity contribution in [2.45, 2.75) is 33.6 Å². The fraction of sp³-hybridized carbons (Fsp3) is 0.500. The molecule has 0 bridgehead atoms. The van der Waals surface area contributed by atoms with Gasteiger partial charge in [0.25, 0.3) is 0 Å². The molecule has 5 nitrogen and oxygen atoms in total. The average molecular weight is 263 g/mol. The number of nitrogens with zero attached hydrogens (tertiary/aromatic N) is 3. The van der Waals surface area contributed by atoms with Crippen molar-refractivity contribution in [3.05, 3.63) is 29.9 Å². The molecule has 19 heavy (non-hydrogen) atoms. The standard InChI is InChI=1S/C14H21N3O2/c1-6-17(8-9(2)3)11-7-15-13(10(4)5)16-12(11)14(18)19/h7,10H,2,6,8H2,1,3-5H3,(H,18,19). The van der Waals surface area contributed by atoms with E-state index in [1.54, 1.807) is 6.20 Å². The van der Waals surface area contributed by atoms with Crippen LogP contribution >= 0.6 is 0 Å². The molecule has 1 N–H and O–H groups in total. The number of likely N-dealkylation sites (N-methyl/N-ethyl adjacent to an activating group) is 1. The minimum atomic E-state index is -1.03. The van der Waals surface area contributed by atoms with Crippen molar-refractivity contribution < 1.29 is 9.90 Å². The van der Waals surface area contributed by atoms with E-state index in [0.717, 1.165) is 5.57 Å². The highest BCUT2D eigenvalue weighted by Crippen LogP contribution is 2.21. The quantitative estimate of drug-likeness (QED) is 0.799. The Balaban J connectivity index is 3.25. The van der Waals surface area contributed by atoms with E-state index in [9.17, 15) is 9.90 Å². The molecule has 104 valence electrons. The Hall–Kier alpha value is -1.91. The SMILES string of the molecule is C=C(C)CN(CC)c1cnc(C(C)C)nc1C(=O)O. The normalized spacial score (nSPS) is 10.6. The van der Waals surface area contributed by atoms with E-state index in [1.165, 1.54) is 0 Å². The minimum absolute atomic E-state index is 0.0572. The Morgan fingerprint density at radius 3 is 2.58 bits per heavy atom. The summed E-state index contributed by atoms with van der Waals surface area (Å²) in [6, 6.07) is 0. The Kier molecular flexibility index (Phi) is 5.03. The average Bonchev–Trinajstić information content (AvgIpc) is 2.34. The zero-order valence-corrected chi connectivity index (χ0v) is 12.0. The first-order valence-electron chi connectivity index (χ1n) is 6.36. The van der Waals surface area contributed by atoms with Gasteiger partial charge in [0.05, 0.1) is 11.9 Å². The summed E-state index contributed by atoms with van der Waals surface area (Å²) in [7, 11) is 0. The zero-order valence-electron chi connectivity index (χ0n) is 12.0. The summed E-state index contributed by atoms with van der Waals surface area (Å²) in [6.45, 7) is 12.9. The molecule has 1 aromatic rings. The van der Waals surface area contributed by atoms with Gasteiger partial charge in [-0.05, 0) is 13.8 Å². The first kappa shape index (κ1) is 15.1. The third-order valence-electron chi connectivity index (χ3n) is 2.69. The predicted octanol–water partition coefficient (Wildman–Crippen LogP) is 2.70. The third kappa shape index (κ3) is 3.77. The van der Waals surface area contributed by atoms with Gasteiger partial charge in [-0.1, -0.05) is 26.0 Å². The van der Waals surface area contributed by atoms with Crippen LogP contribution in [0.15, 0.2) is 18.3 Å². The molecule has 0 amide bonds. The van der Waals surface area contributed by atoms with Crippen molar-refractivity contribution >= 4 is 11.7 Å². The highest BCUT2D eigenvalue weighted by molar-refractivity contribution is 5.92. The molecule has 0 aliphatic rings. The number of anilines is 1. The predicted molar refractivity (Wildman–Crippen MR) is 75.8 cm³/mol. The van der Waals surface area contributed by atoms with Crippen LogP contribution in [0.2, 0.25) is 0 Å². The fourth-order valence-electron chi connectivity index (χ4n) is 1.75. The number of aromatic nitrogens is 2. The largest absolute Gasteiger partial charge is 0.476 e. The van der Waals surface area contributed by atoms with E-state index in [2.05, 4.69) is 16.5 Å². The molecule has 0 aliphatic heterocycles. The van der Waals surface area contributed by atoms with Crippen LogP contribution < -0.4 is 4.90 Å². The van der Waals surface area contributed by atoms with Gasteiger partial charge < -0.3 is 10.0 Å². The summed E-state index contributed by atoms with van der Waals surface area (Å²) in [5, 5.41) is 9.31. The molecule has 0 radical (unpaired) electrons. The number of aromatic carboxylic acids is 1. The van der Waals surface area contributed by atoms with Gasteiger partial charge in [-0.15, -0.1) is 0 Å². The van der Waals surface area contributed by atoms with E-state index in [-0.39, 0.29) is 11.6 Å². The van der Waals surface area contributed by atoms with Crippen molar-refractivity contribution in [1.82, 2.24) is 9.97 Å². The molecule has 0 atom stereocenters. The lowest BCUT2D eigenvalue weighted by Crippen LogP contribution is -2.27. The maximum Gasteiger partial charge on any atom is 0.356 e.